The van der Waals surface area contributed by atoms with E-state index in [1.165, 1.54) is 12.0 Å². The average molecular weight is 231 g/mol. The number of carbonyl (C=O) groups excluding carboxylic acids is 1. The van der Waals surface area contributed by atoms with Gasteiger partial charge in [0.25, 0.3) is 0 Å². The van der Waals surface area contributed by atoms with Crippen molar-refractivity contribution in [2.24, 2.45) is 5.92 Å². The summed E-state index contributed by atoms with van der Waals surface area (Å²) in [5, 5.41) is 8.71. The van der Waals surface area contributed by atoms with Gasteiger partial charge < -0.3 is 14.7 Å². The molecule has 5 nitrogen and oxygen atoms in total. The Balaban J connectivity index is 4.37. The van der Waals surface area contributed by atoms with Gasteiger partial charge in [-0.1, -0.05) is 13.8 Å². The van der Waals surface area contributed by atoms with Crippen molar-refractivity contribution in [3.63, 3.8) is 0 Å². The topological polar surface area (TPSA) is 66.8 Å². The van der Waals surface area contributed by atoms with Crippen LogP contribution in [0.25, 0.3) is 0 Å². The summed E-state index contributed by atoms with van der Waals surface area (Å²) in [6.45, 7) is 5.89. The van der Waals surface area contributed by atoms with Crippen LogP contribution in [0.15, 0.2) is 0 Å². The van der Waals surface area contributed by atoms with Crippen LogP contribution in [0.1, 0.15) is 27.2 Å². The fourth-order valence-corrected chi connectivity index (χ4v) is 1.32. The van der Waals surface area contributed by atoms with E-state index < -0.39 is 5.97 Å². The first-order valence-electron chi connectivity index (χ1n) is 5.39. The van der Waals surface area contributed by atoms with Gasteiger partial charge in [-0.3, -0.25) is 9.59 Å². The van der Waals surface area contributed by atoms with Crippen LogP contribution in [-0.2, 0) is 14.3 Å². The Kier molecular flexibility index (Phi) is 6.72. The van der Waals surface area contributed by atoms with E-state index in [0.717, 1.165) is 0 Å². The maximum absolute atomic E-state index is 11.8. The number of amides is 1. The zero-order valence-electron chi connectivity index (χ0n) is 10.4. The van der Waals surface area contributed by atoms with E-state index in [2.05, 4.69) is 0 Å². The van der Waals surface area contributed by atoms with Crippen molar-refractivity contribution < 1.29 is 19.4 Å². The Bertz CT molecular complexity index is 240. The molecule has 0 aromatic rings. The number of nitrogens with zero attached hydrogens (tertiary/aromatic N) is 1. The van der Waals surface area contributed by atoms with E-state index in [4.69, 9.17) is 9.84 Å². The van der Waals surface area contributed by atoms with Crippen LogP contribution in [-0.4, -0.2) is 48.2 Å². The van der Waals surface area contributed by atoms with E-state index in [9.17, 15) is 9.59 Å². The number of hydrogen-bond donors (Lipinski definition) is 1. The SMILES string of the molecule is COC(C)CC(=O)N(CC(=O)O)CC(C)C. The Hall–Kier alpha value is -1.10. The molecule has 0 rings (SSSR count). The lowest BCUT2D eigenvalue weighted by atomic mass is 10.2. The molecule has 5 heteroatoms. The summed E-state index contributed by atoms with van der Waals surface area (Å²) in [5.41, 5.74) is 0. The highest BCUT2D eigenvalue weighted by molar-refractivity contribution is 5.81. The molecule has 0 aromatic heterocycles. The first-order chi connectivity index (χ1) is 7.36. The third kappa shape index (κ3) is 6.40. The Morgan fingerprint density at radius 1 is 1.31 bits per heavy atom. The van der Waals surface area contributed by atoms with Crippen molar-refractivity contribution in [3.8, 4) is 0 Å². The van der Waals surface area contributed by atoms with Crippen LogP contribution < -0.4 is 0 Å². The van der Waals surface area contributed by atoms with Crippen molar-refractivity contribution in [1.29, 1.82) is 0 Å². The normalized spacial score (nSPS) is 12.6. The molecule has 0 spiro atoms. The van der Waals surface area contributed by atoms with Gasteiger partial charge in [0, 0.05) is 13.7 Å². The molecular formula is C11H21NO4. The number of carbonyl (C=O) groups is 2. The molecule has 0 aliphatic rings. The molecular weight excluding hydrogens is 210 g/mol. The lowest BCUT2D eigenvalue weighted by Gasteiger charge is -2.23. The first-order valence-corrected chi connectivity index (χ1v) is 5.39. The molecule has 0 bridgehead atoms. The van der Waals surface area contributed by atoms with Gasteiger partial charge in [-0.15, -0.1) is 0 Å². The van der Waals surface area contributed by atoms with Gasteiger partial charge in [-0.25, -0.2) is 0 Å². The van der Waals surface area contributed by atoms with Crippen molar-refractivity contribution in [1.82, 2.24) is 4.90 Å². The van der Waals surface area contributed by atoms with Crippen molar-refractivity contribution in [2.45, 2.75) is 33.3 Å². The average Bonchev–Trinajstić information content (AvgIpc) is 2.15. The largest absolute Gasteiger partial charge is 0.480 e. The Morgan fingerprint density at radius 3 is 2.25 bits per heavy atom. The molecule has 0 heterocycles. The third-order valence-electron chi connectivity index (χ3n) is 2.13. The Morgan fingerprint density at radius 2 is 1.88 bits per heavy atom. The zero-order valence-corrected chi connectivity index (χ0v) is 10.4. The van der Waals surface area contributed by atoms with E-state index in [-0.39, 0.29) is 30.9 Å². The predicted octanol–water partition coefficient (Wildman–Crippen LogP) is 0.981. The third-order valence-corrected chi connectivity index (χ3v) is 2.13. The molecule has 1 unspecified atom stereocenters. The number of ether oxygens (including phenoxy) is 1. The molecule has 94 valence electrons. The standard InChI is InChI=1S/C11H21NO4/c1-8(2)6-12(7-11(14)15)10(13)5-9(3)16-4/h8-9H,5-7H2,1-4H3,(H,14,15). The lowest BCUT2D eigenvalue weighted by molar-refractivity contribution is -0.145. The van der Waals surface area contributed by atoms with Crippen molar-refractivity contribution in [2.75, 3.05) is 20.2 Å². The van der Waals surface area contributed by atoms with Crippen LogP contribution in [0, 0.1) is 5.92 Å². The van der Waals surface area contributed by atoms with Crippen LogP contribution in [0.3, 0.4) is 0 Å². The lowest BCUT2D eigenvalue weighted by Crippen LogP contribution is -2.39. The van der Waals surface area contributed by atoms with Crippen LogP contribution in [0.4, 0.5) is 0 Å². The highest BCUT2D eigenvalue weighted by Gasteiger charge is 2.19. The smallest absolute Gasteiger partial charge is 0.323 e. The number of aliphatic carboxylic acids is 1. The second-order valence-electron chi connectivity index (χ2n) is 4.31. The second kappa shape index (κ2) is 7.22. The summed E-state index contributed by atoms with van der Waals surface area (Å²) >= 11 is 0. The minimum Gasteiger partial charge on any atom is -0.480 e. The molecule has 1 atom stereocenters. The van der Waals surface area contributed by atoms with Crippen molar-refractivity contribution in [3.05, 3.63) is 0 Å². The molecule has 1 amide bonds. The predicted molar refractivity (Wildman–Crippen MR) is 60.1 cm³/mol. The molecule has 0 aromatic carbocycles. The summed E-state index contributed by atoms with van der Waals surface area (Å²) in [5.74, 6) is -0.911. The van der Waals surface area contributed by atoms with E-state index in [0.29, 0.717) is 6.54 Å². The van der Waals surface area contributed by atoms with Crippen LogP contribution in [0.2, 0.25) is 0 Å². The first kappa shape index (κ1) is 14.9. The van der Waals surface area contributed by atoms with Crippen LogP contribution >= 0.6 is 0 Å². The molecule has 0 fully saturated rings. The van der Waals surface area contributed by atoms with Gasteiger partial charge in [0.15, 0.2) is 0 Å². The van der Waals surface area contributed by atoms with E-state index >= 15 is 0 Å². The van der Waals surface area contributed by atoms with Crippen LogP contribution in [0.5, 0.6) is 0 Å². The maximum Gasteiger partial charge on any atom is 0.323 e. The highest BCUT2D eigenvalue weighted by atomic mass is 16.5. The molecule has 0 radical (unpaired) electrons. The maximum atomic E-state index is 11.8. The number of hydrogen-bond acceptors (Lipinski definition) is 3. The van der Waals surface area contributed by atoms with E-state index in [1.54, 1.807) is 6.92 Å². The van der Waals surface area contributed by atoms with Crippen molar-refractivity contribution >= 4 is 11.9 Å². The van der Waals surface area contributed by atoms with Gasteiger partial charge in [-0.05, 0) is 12.8 Å². The Labute approximate surface area is 96.4 Å². The molecule has 0 saturated heterocycles. The molecule has 0 aliphatic heterocycles. The summed E-state index contributed by atoms with van der Waals surface area (Å²) in [6, 6.07) is 0. The summed E-state index contributed by atoms with van der Waals surface area (Å²) in [4.78, 5) is 23.8. The summed E-state index contributed by atoms with van der Waals surface area (Å²) in [6.07, 6.45) is 0.0345. The number of rotatable bonds is 7. The number of carboxylic acids is 1. The van der Waals surface area contributed by atoms with Gasteiger partial charge in [0.2, 0.25) is 5.91 Å². The van der Waals surface area contributed by atoms with E-state index in [1.807, 2.05) is 13.8 Å². The quantitative estimate of drug-likeness (QED) is 0.709. The fourth-order valence-electron chi connectivity index (χ4n) is 1.32. The molecule has 1 N–H and O–H groups in total. The number of carboxylic acid groups (broad SMARTS) is 1. The zero-order chi connectivity index (χ0) is 12.7. The highest BCUT2D eigenvalue weighted by Crippen LogP contribution is 2.05. The van der Waals surface area contributed by atoms with Gasteiger partial charge in [0.05, 0.1) is 12.5 Å². The molecule has 0 aliphatic carbocycles. The molecule has 16 heavy (non-hydrogen) atoms. The minimum atomic E-state index is -0.987. The second-order valence-corrected chi connectivity index (χ2v) is 4.31. The summed E-state index contributed by atoms with van der Waals surface area (Å²) < 4.78 is 4.99. The van der Waals surface area contributed by atoms with Gasteiger partial charge >= 0.3 is 5.97 Å². The van der Waals surface area contributed by atoms with Gasteiger partial charge in [-0.2, -0.15) is 0 Å². The molecule has 0 saturated carbocycles. The minimum absolute atomic E-state index is 0.176. The fraction of sp³-hybridized carbons (Fsp3) is 0.818. The number of methoxy groups -OCH3 is 1. The summed E-state index contributed by atoms with van der Waals surface area (Å²) in [7, 11) is 1.53. The monoisotopic (exact) mass is 231 g/mol. The van der Waals surface area contributed by atoms with Gasteiger partial charge in [0.1, 0.15) is 6.54 Å².